The van der Waals surface area contributed by atoms with E-state index in [1.165, 1.54) is 13.2 Å². The fourth-order valence-corrected chi connectivity index (χ4v) is 0.914. The van der Waals surface area contributed by atoms with Crippen LogP contribution in [0.25, 0.3) is 0 Å². The van der Waals surface area contributed by atoms with Gasteiger partial charge in [-0.25, -0.2) is 0 Å². The van der Waals surface area contributed by atoms with Gasteiger partial charge in [0, 0.05) is 6.07 Å². The molecule has 0 spiro atoms. The number of nitrogen functional groups attached to an aromatic ring is 1. The highest BCUT2D eigenvalue weighted by molar-refractivity contribution is 5.82. The van der Waals surface area contributed by atoms with Gasteiger partial charge in [0.05, 0.1) is 7.11 Å². The van der Waals surface area contributed by atoms with Crippen molar-refractivity contribution in [3.8, 4) is 5.88 Å². The highest BCUT2D eigenvalue weighted by atomic mass is 16.5. The van der Waals surface area contributed by atoms with Crippen LogP contribution >= 0.6 is 0 Å². The summed E-state index contributed by atoms with van der Waals surface area (Å²) in [5.41, 5.74) is 10.5. The standard InChI is InChI=1S/C8H13N5O2/c1-4(7(9)14)11-5-3-6(15-2)13-8(10)12-5/h3-4H,1-2H3,(H2,9,14)(H3,10,11,12,13). The minimum absolute atomic E-state index is 0.0634. The van der Waals surface area contributed by atoms with Gasteiger partial charge in [-0.2, -0.15) is 9.97 Å². The average Bonchev–Trinajstić information content (AvgIpc) is 2.16. The first-order valence-corrected chi connectivity index (χ1v) is 4.27. The fourth-order valence-electron chi connectivity index (χ4n) is 0.914. The fraction of sp³-hybridized carbons (Fsp3) is 0.375. The summed E-state index contributed by atoms with van der Waals surface area (Å²) in [6.45, 7) is 1.62. The number of methoxy groups -OCH3 is 1. The van der Waals surface area contributed by atoms with E-state index < -0.39 is 11.9 Å². The van der Waals surface area contributed by atoms with Gasteiger partial charge in [-0.1, -0.05) is 0 Å². The molecule has 0 bridgehead atoms. The summed E-state index contributed by atoms with van der Waals surface area (Å²) in [7, 11) is 1.46. The van der Waals surface area contributed by atoms with Gasteiger partial charge in [0.2, 0.25) is 17.7 Å². The van der Waals surface area contributed by atoms with E-state index in [1.54, 1.807) is 6.92 Å². The topological polar surface area (TPSA) is 116 Å². The Bertz CT molecular complexity index is 368. The molecule has 5 N–H and O–H groups in total. The number of nitrogens with two attached hydrogens (primary N) is 2. The normalized spacial score (nSPS) is 11.9. The first-order chi connectivity index (χ1) is 7.02. The Morgan fingerprint density at radius 3 is 2.80 bits per heavy atom. The lowest BCUT2D eigenvalue weighted by atomic mass is 10.3. The van der Waals surface area contributed by atoms with Crippen LogP contribution in [0.15, 0.2) is 6.07 Å². The van der Waals surface area contributed by atoms with Crippen molar-refractivity contribution in [2.75, 3.05) is 18.2 Å². The number of rotatable bonds is 4. The second-order valence-corrected chi connectivity index (χ2v) is 2.92. The van der Waals surface area contributed by atoms with Crippen molar-refractivity contribution < 1.29 is 9.53 Å². The van der Waals surface area contributed by atoms with Crippen molar-refractivity contribution in [3.63, 3.8) is 0 Å². The van der Waals surface area contributed by atoms with Gasteiger partial charge in [-0.15, -0.1) is 0 Å². The van der Waals surface area contributed by atoms with E-state index in [9.17, 15) is 4.79 Å². The van der Waals surface area contributed by atoms with Crippen LogP contribution in [0.4, 0.5) is 11.8 Å². The highest BCUT2D eigenvalue weighted by Crippen LogP contribution is 2.14. The molecule has 1 unspecified atom stereocenters. The number of ether oxygens (including phenoxy) is 1. The van der Waals surface area contributed by atoms with Gasteiger partial charge >= 0.3 is 0 Å². The molecule has 1 heterocycles. The van der Waals surface area contributed by atoms with Gasteiger partial charge in [-0.3, -0.25) is 4.79 Å². The smallest absolute Gasteiger partial charge is 0.239 e. The quantitative estimate of drug-likeness (QED) is 0.609. The Kier molecular flexibility index (Phi) is 3.27. The number of nitrogens with zero attached hydrogens (tertiary/aromatic N) is 2. The number of hydrogen-bond acceptors (Lipinski definition) is 6. The highest BCUT2D eigenvalue weighted by Gasteiger charge is 2.10. The van der Waals surface area contributed by atoms with Crippen LogP contribution in [0.1, 0.15) is 6.92 Å². The lowest BCUT2D eigenvalue weighted by Crippen LogP contribution is -2.32. The van der Waals surface area contributed by atoms with Gasteiger partial charge in [0.25, 0.3) is 0 Å². The molecule has 0 fully saturated rings. The number of carbonyl (C=O) groups excluding carboxylic acids is 1. The van der Waals surface area contributed by atoms with E-state index >= 15 is 0 Å². The SMILES string of the molecule is COc1cc(NC(C)C(N)=O)nc(N)n1. The molecule has 0 saturated carbocycles. The summed E-state index contributed by atoms with van der Waals surface area (Å²) < 4.78 is 4.89. The van der Waals surface area contributed by atoms with Crippen LogP contribution in [-0.2, 0) is 4.79 Å². The molecule has 1 amide bonds. The zero-order chi connectivity index (χ0) is 11.4. The minimum Gasteiger partial charge on any atom is -0.481 e. The molecule has 1 rings (SSSR count). The lowest BCUT2D eigenvalue weighted by Gasteiger charge is -2.11. The maximum atomic E-state index is 10.8. The Labute approximate surface area is 86.8 Å². The van der Waals surface area contributed by atoms with E-state index in [4.69, 9.17) is 16.2 Å². The van der Waals surface area contributed by atoms with Crippen LogP contribution in [0, 0.1) is 0 Å². The number of aromatic nitrogens is 2. The molecule has 0 saturated heterocycles. The first kappa shape index (κ1) is 11.0. The predicted octanol–water partition coefficient (Wildman–Crippen LogP) is -0.647. The van der Waals surface area contributed by atoms with Gasteiger partial charge < -0.3 is 21.5 Å². The molecule has 0 aromatic carbocycles. The summed E-state index contributed by atoms with van der Waals surface area (Å²) in [6, 6.07) is 0.986. The first-order valence-electron chi connectivity index (χ1n) is 4.27. The van der Waals surface area contributed by atoms with E-state index in [2.05, 4.69) is 15.3 Å². The van der Waals surface area contributed by atoms with Crippen molar-refractivity contribution in [2.45, 2.75) is 13.0 Å². The van der Waals surface area contributed by atoms with Crippen molar-refractivity contribution in [2.24, 2.45) is 5.73 Å². The van der Waals surface area contributed by atoms with Crippen molar-refractivity contribution in [1.29, 1.82) is 0 Å². The molecular formula is C8H13N5O2. The number of amides is 1. The second kappa shape index (κ2) is 4.45. The zero-order valence-corrected chi connectivity index (χ0v) is 8.52. The molecule has 1 aromatic rings. The van der Waals surface area contributed by atoms with Crippen molar-refractivity contribution in [1.82, 2.24) is 9.97 Å². The van der Waals surface area contributed by atoms with Gasteiger partial charge in [0.15, 0.2) is 0 Å². The number of carbonyl (C=O) groups is 1. The summed E-state index contributed by atoms with van der Waals surface area (Å²) in [6.07, 6.45) is 0. The van der Waals surface area contributed by atoms with Crippen LogP contribution in [0.3, 0.4) is 0 Å². The lowest BCUT2D eigenvalue weighted by molar-refractivity contribution is -0.118. The molecule has 7 nitrogen and oxygen atoms in total. The molecule has 1 aromatic heterocycles. The Hall–Kier alpha value is -2.05. The second-order valence-electron chi connectivity index (χ2n) is 2.92. The largest absolute Gasteiger partial charge is 0.481 e. The Morgan fingerprint density at radius 2 is 2.27 bits per heavy atom. The summed E-state index contributed by atoms with van der Waals surface area (Å²) in [4.78, 5) is 18.5. The third kappa shape index (κ3) is 2.97. The summed E-state index contributed by atoms with van der Waals surface area (Å²) in [5.74, 6) is 0.298. The van der Waals surface area contributed by atoms with E-state index in [0.717, 1.165) is 0 Å². The van der Waals surface area contributed by atoms with Gasteiger partial charge in [-0.05, 0) is 6.92 Å². The zero-order valence-electron chi connectivity index (χ0n) is 8.52. The van der Waals surface area contributed by atoms with Crippen LogP contribution < -0.4 is 21.5 Å². The average molecular weight is 211 g/mol. The molecule has 1 atom stereocenters. The maximum Gasteiger partial charge on any atom is 0.239 e. The number of nitrogens with one attached hydrogen (secondary N) is 1. The van der Waals surface area contributed by atoms with Crippen LogP contribution in [0.5, 0.6) is 5.88 Å². The molecule has 0 radical (unpaired) electrons. The molecule has 0 aliphatic carbocycles. The Morgan fingerprint density at radius 1 is 1.60 bits per heavy atom. The van der Waals surface area contributed by atoms with E-state index in [1.807, 2.05) is 0 Å². The van der Waals surface area contributed by atoms with Crippen molar-refractivity contribution >= 4 is 17.7 Å². The minimum atomic E-state index is -0.538. The summed E-state index contributed by atoms with van der Waals surface area (Å²) in [5, 5.41) is 2.77. The van der Waals surface area contributed by atoms with Crippen LogP contribution in [0.2, 0.25) is 0 Å². The predicted molar refractivity (Wildman–Crippen MR) is 55.3 cm³/mol. The van der Waals surface area contributed by atoms with E-state index in [0.29, 0.717) is 11.7 Å². The molecule has 7 heteroatoms. The van der Waals surface area contributed by atoms with E-state index in [-0.39, 0.29) is 5.95 Å². The maximum absolute atomic E-state index is 10.8. The number of hydrogen-bond donors (Lipinski definition) is 3. The number of primary amides is 1. The summed E-state index contributed by atoms with van der Waals surface area (Å²) >= 11 is 0. The Balaban J connectivity index is 2.85. The van der Waals surface area contributed by atoms with Gasteiger partial charge in [0.1, 0.15) is 11.9 Å². The third-order valence-electron chi connectivity index (χ3n) is 1.72. The monoisotopic (exact) mass is 211 g/mol. The molecule has 15 heavy (non-hydrogen) atoms. The number of anilines is 2. The molecular weight excluding hydrogens is 198 g/mol. The van der Waals surface area contributed by atoms with Crippen molar-refractivity contribution in [3.05, 3.63) is 6.07 Å². The third-order valence-corrected chi connectivity index (χ3v) is 1.72. The molecule has 0 aliphatic rings. The molecule has 0 aliphatic heterocycles. The molecule has 82 valence electrons. The van der Waals surface area contributed by atoms with Crippen LogP contribution in [-0.4, -0.2) is 29.0 Å².